The van der Waals surface area contributed by atoms with Crippen molar-refractivity contribution in [3.63, 3.8) is 0 Å². The summed E-state index contributed by atoms with van der Waals surface area (Å²) >= 11 is 3.39. The summed E-state index contributed by atoms with van der Waals surface area (Å²) < 4.78 is 6.49. The summed E-state index contributed by atoms with van der Waals surface area (Å²) in [6.07, 6.45) is 5.65. The second-order valence-corrected chi connectivity index (χ2v) is 3.94. The molecule has 0 unspecified atom stereocenters. The number of hydrogen-bond donors (Lipinski definition) is 1. The lowest BCUT2D eigenvalue weighted by Crippen LogP contribution is -2.08. The minimum Gasteiger partial charge on any atom is -0.473 e. The molecule has 1 N–H and O–H groups in total. The van der Waals surface area contributed by atoms with E-state index in [0.29, 0.717) is 12.5 Å². The molecule has 15 heavy (non-hydrogen) atoms. The van der Waals surface area contributed by atoms with Crippen LogP contribution < -0.4 is 10.1 Å². The highest BCUT2D eigenvalue weighted by molar-refractivity contribution is 9.10. The first kappa shape index (κ1) is 12.2. The standard InChI is InChI=1S/C11H15BrN2O/c1-3-4-5-15-11-9(7-13-2)6-10(12)8-14-11/h3-4,6,8,13H,5,7H2,1-2H3. The highest BCUT2D eigenvalue weighted by atomic mass is 79.9. The Morgan fingerprint density at radius 2 is 2.40 bits per heavy atom. The molecule has 4 heteroatoms. The molecule has 0 atom stereocenters. The van der Waals surface area contributed by atoms with Crippen LogP contribution in [0.3, 0.4) is 0 Å². The van der Waals surface area contributed by atoms with Crippen LogP contribution in [-0.4, -0.2) is 18.6 Å². The van der Waals surface area contributed by atoms with Crippen molar-refractivity contribution >= 4 is 15.9 Å². The minimum absolute atomic E-state index is 0.557. The Labute approximate surface area is 98.7 Å². The Bertz CT molecular complexity index is 339. The van der Waals surface area contributed by atoms with Crippen LogP contribution in [0.1, 0.15) is 12.5 Å². The van der Waals surface area contributed by atoms with Gasteiger partial charge in [0.15, 0.2) is 0 Å². The zero-order valence-electron chi connectivity index (χ0n) is 8.96. The molecule has 1 aromatic rings. The highest BCUT2D eigenvalue weighted by Gasteiger charge is 2.04. The fourth-order valence-corrected chi connectivity index (χ4v) is 1.52. The van der Waals surface area contributed by atoms with E-state index in [1.807, 2.05) is 32.2 Å². The van der Waals surface area contributed by atoms with E-state index in [2.05, 4.69) is 26.2 Å². The van der Waals surface area contributed by atoms with Gasteiger partial charge in [0.05, 0.1) is 0 Å². The van der Waals surface area contributed by atoms with Gasteiger partial charge in [-0.15, -0.1) is 0 Å². The van der Waals surface area contributed by atoms with E-state index in [9.17, 15) is 0 Å². The summed E-state index contributed by atoms with van der Waals surface area (Å²) in [5.74, 6) is 0.686. The zero-order valence-corrected chi connectivity index (χ0v) is 10.5. The first-order chi connectivity index (χ1) is 7.27. The van der Waals surface area contributed by atoms with Crippen molar-refractivity contribution < 1.29 is 4.74 Å². The molecule has 0 radical (unpaired) electrons. The third-order valence-electron chi connectivity index (χ3n) is 1.81. The number of pyridine rings is 1. The summed E-state index contributed by atoms with van der Waals surface area (Å²) in [5.41, 5.74) is 1.05. The predicted octanol–water partition coefficient (Wildman–Crippen LogP) is 2.52. The van der Waals surface area contributed by atoms with Gasteiger partial charge in [-0.3, -0.25) is 0 Å². The van der Waals surface area contributed by atoms with Gasteiger partial charge in [0.25, 0.3) is 0 Å². The van der Waals surface area contributed by atoms with Crippen molar-refractivity contribution in [2.45, 2.75) is 13.5 Å². The second kappa shape index (κ2) is 6.58. The first-order valence-corrected chi connectivity index (χ1v) is 5.60. The molecular formula is C11H15BrN2O. The molecule has 0 fully saturated rings. The number of aromatic nitrogens is 1. The van der Waals surface area contributed by atoms with Crippen molar-refractivity contribution in [1.29, 1.82) is 0 Å². The van der Waals surface area contributed by atoms with E-state index in [0.717, 1.165) is 16.6 Å². The summed E-state index contributed by atoms with van der Waals surface area (Å²) in [5, 5.41) is 3.08. The maximum Gasteiger partial charge on any atom is 0.218 e. The van der Waals surface area contributed by atoms with Gasteiger partial charge in [0.2, 0.25) is 5.88 Å². The minimum atomic E-state index is 0.557. The molecule has 1 aromatic heterocycles. The number of nitrogens with one attached hydrogen (secondary N) is 1. The molecule has 3 nitrogen and oxygen atoms in total. The van der Waals surface area contributed by atoms with Gasteiger partial charge in [-0.1, -0.05) is 12.2 Å². The first-order valence-electron chi connectivity index (χ1n) is 4.81. The van der Waals surface area contributed by atoms with Crippen LogP contribution >= 0.6 is 15.9 Å². The lowest BCUT2D eigenvalue weighted by molar-refractivity contribution is 0.343. The van der Waals surface area contributed by atoms with Crippen LogP contribution in [0.2, 0.25) is 0 Å². The van der Waals surface area contributed by atoms with Gasteiger partial charge < -0.3 is 10.1 Å². The zero-order chi connectivity index (χ0) is 11.1. The topological polar surface area (TPSA) is 34.1 Å². The van der Waals surface area contributed by atoms with Gasteiger partial charge in [-0.25, -0.2) is 4.98 Å². The smallest absolute Gasteiger partial charge is 0.218 e. The molecule has 82 valence electrons. The second-order valence-electron chi connectivity index (χ2n) is 3.03. The number of ether oxygens (including phenoxy) is 1. The third-order valence-corrected chi connectivity index (χ3v) is 2.24. The molecule has 0 saturated carbocycles. The normalized spacial score (nSPS) is 10.9. The molecule has 0 aliphatic heterocycles. The van der Waals surface area contributed by atoms with Crippen molar-refractivity contribution in [3.05, 3.63) is 34.5 Å². The predicted molar refractivity (Wildman–Crippen MR) is 65.0 cm³/mol. The van der Waals surface area contributed by atoms with Crippen LogP contribution in [0.4, 0.5) is 0 Å². The Morgan fingerprint density at radius 1 is 1.60 bits per heavy atom. The lowest BCUT2D eigenvalue weighted by atomic mass is 10.3. The molecule has 0 saturated heterocycles. The molecule has 0 spiro atoms. The van der Waals surface area contributed by atoms with Crippen molar-refractivity contribution in [2.24, 2.45) is 0 Å². The summed E-state index contributed by atoms with van der Waals surface area (Å²) in [7, 11) is 1.90. The number of nitrogens with zero attached hydrogens (tertiary/aromatic N) is 1. The van der Waals surface area contributed by atoms with Crippen molar-refractivity contribution in [2.75, 3.05) is 13.7 Å². The fourth-order valence-electron chi connectivity index (χ4n) is 1.14. The Hall–Kier alpha value is -0.870. The molecule has 0 amide bonds. The van der Waals surface area contributed by atoms with E-state index in [4.69, 9.17) is 4.74 Å². The van der Waals surface area contributed by atoms with Crippen LogP contribution in [0.5, 0.6) is 5.88 Å². The van der Waals surface area contributed by atoms with Gasteiger partial charge in [-0.2, -0.15) is 0 Å². The van der Waals surface area contributed by atoms with Gasteiger partial charge >= 0.3 is 0 Å². The Morgan fingerprint density at radius 3 is 3.07 bits per heavy atom. The molecule has 0 bridgehead atoms. The van der Waals surface area contributed by atoms with E-state index in [1.54, 1.807) is 6.20 Å². The molecular weight excluding hydrogens is 256 g/mol. The number of hydrogen-bond acceptors (Lipinski definition) is 3. The maximum absolute atomic E-state index is 5.53. The molecule has 1 rings (SSSR count). The summed E-state index contributed by atoms with van der Waals surface area (Å²) in [6, 6.07) is 2.01. The van der Waals surface area contributed by atoms with Crippen LogP contribution in [0.25, 0.3) is 0 Å². The van der Waals surface area contributed by atoms with E-state index < -0.39 is 0 Å². The number of rotatable bonds is 5. The Kier molecular flexibility index (Phi) is 5.36. The van der Waals surface area contributed by atoms with Crippen LogP contribution in [0.15, 0.2) is 28.9 Å². The largest absolute Gasteiger partial charge is 0.473 e. The molecule has 0 aliphatic carbocycles. The van der Waals surface area contributed by atoms with Crippen LogP contribution in [-0.2, 0) is 6.54 Å². The average molecular weight is 271 g/mol. The lowest BCUT2D eigenvalue weighted by Gasteiger charge is -2.08. The van der Waals surface area contributed by atoms with E-state index in [-0.39, 0.29) is 0 Å². The van der Waals surface area contributed by atoms with Crippen molar-refractivity contribution in [1.82, 2.24) is 10.3 Å². The summed E-state index contributed by atoms with van der Waals surface area (Å²) in [6.45, 7) is 3.27. The fraction of sp³-hybridized carbons (Fsp3) is 0.364. The van der Waals surface area contributed by atoms with Crippen LogP contribution in [0, 0.1) is 0 Å². The monoisotopic (exact) mass is 270 g/mol. The summed E-state index contributed by atoms with van der Waals surface area (Å²) in [4.78, 5) is 4.23. The maximum atomic E-state index is 5.53. The van der Waals surface area contributed by atoms with E-state index in [1.165, 1.54) is 0 Å². The molecule has 0 aliphatic rings. The van der Waals surface area contributed by atoms with Gasteiger partial charge in [0.1, 0.15) is 6.61 Å². The third kappa shape index (κ3) is 4.01. The molecule has 0 aromatic carbocycles. The Balaban J connectivity index is 2.75. The quantitative estimate of drug-likeness (QED) is 0.835. The molecule has 1 heterocycles. The number of allylic oxidation sites excluding steroid dienone is 1. The number of halogens is 1. The highest BCUT2D eigenvalue weighted by Crippen LogP contribution is 2.19. The van der Waals surface area contributed by atoms with E-state index >= 15 is 0 Å². The van der Waals surface area contributed by atoms with Crippen molar-refractivity contribution in [3.8, 4) is 5.88 Å². The van der Waals surface area contributed by atoms with Gasteiger partial charge in [-0.05, 0) is 36.0 Å². The van der Waals surface area contributed by atoms with Gasteiger partial charge in [0, 0.05) is 22.8 Å². The SMILES string of the molecule is CC=CCOc1ncc(Br)cc1CNC. The average Bonchev–Trinajstić information content (AvgIpc) is 2.22.